The van der Waals surface area contributed by atoms with Gasteiger partial charge in [-0.15, -0.1) is 0 Å². The Morgan fingerprint density at radius 1 is 1.07 bits per heavy atom. The number of ether oxygens (including phenoxy) is 1. The Balaban J connectivity index is 1.66. The van der Waals surface area contributed by atoms with Gasteiger partial charge in [-0.2, -0.15) is 5.10 Å². The van der Waals surface area contributed by atoms with Crippen molar-refractivity contribution in [1.29, 1.82) is 0 Å². The van der Waals surface area contributed by atoms with E-state index in [1.54, 1.807) is 41.2 Å². The van der Waals surface area contributed by atoms with Crippen molar-refractivity contribution in [3.05, 3.63) is 83.6 Å². The van der Waals surface area contributed by atoms with E-state index in [4.69, 9.17) is 4.74 Å². The Hall–Kier alpha value is -3.26. The third kappa shape index (κ3) is 5.14. The van der Waals surface area contributed by atoms with E-state index in [-0.39, 0.29) is 18.2 Å². The van der Waals surface area contributed by atoms with Crippen LogP contribution in [0, 0.1) is 11.6 Å². The van der Waals surface area contributed by atoms with Crippen LogP contribution < -0.4 is 10.6 Å². The van der Waals surface area contributed by atoms with Crippen molar-refractivity contribution < 1.29 is 18.3 Å². The number of anilines is 1. The molecule has 0 saturated carbocycles. The summed E-state index contributed by atoms with van der Waals surface area (Å²) in [6, 6.07) is 12.7. The van der Waals surface area contributed by atoms with Crippen LogP contribution in [-0.2, 0) is 11.3 Å². The van der Waals surface area contributed by atoms with Crippen molar-refractivity contribution in [3.8, 4) is 0 Å². The number of aromatic nitrogens is 2. The molecular formula is C20H20F2N4O2. The molecule has 6 nitrogen and oxygen atoms in total. The molecule has 0 bridgehead atoms. The molecule has 28 heavy (non-hydrogen) atoms. The third-order valence-electron chi connectivity index (χ3n) is 4.11. The quantitative estimate of drug-likeness (QED) is 0.650. The number of nitrogens with one attached hydrogen (secondary N) is 2. The lowest BCUT2D eigenvalue weighted by molar-refractivity contribution is 0.168. The van der Waals surface area contributed by atoms with Gasteiger partial charge in [-0.05, 0) is 35.4 Å². The molecular weight excluding hydrogens is 366 g/mol. The molecule has 3 aromatic rings. The zero-order chi connectivity index (χ0) is 19.9. The highest BCUT2D eigenvalue weighted by atomic mass is 19.1. The van der Waals surface area contributed by atoms with E-state index in [0.717, 1.165) is 11.1 Å². The minimum atomic E-state index is -0.452. The molecule has 1 atom stereocenters. The molecule has 2 amide bonds. The van der Waals surface area contributed by atoms with E-state index < -0.39 is 12.1 Å². The number of rotatable bonds is 7. The zero-order valence-electron chi connectivity index (χ0n) is 15.2. The van der Waals surface area contributed by atoms with Gasteiger partial charge in [-0.1, -0.05) is 24.3 Å². The number of halogens is 2. The van der Waals surface area contributed by atoms with Gasteiger partial charge < -0.3 is 10.1 Å². The van der Waals surface area contributed by atoms with Crippen molar-refractivity contribution in [2.75, 3.05) is 19.0 Å². The second-order valence-electron chi connectivity index (χ2n) is 6.16. The molecule has 0 fully saturated rings. The molecule has 0 aliphatic carbocycles. The van der Waals surface area contributed by atoms with Crippen LogP contribution in [0.3, 0.4) is 0 Å². The predicted octanol–water partition coefficient (Wildman–Crippen LogP) is 3.72. The van der Waals surface area contributed by atoms with E-state index >= 15 is 0 Å². The van der Waals surface area contributed by atoms with Crippen molar-refractivity contribution in [2.24, 2.45) is 0 Å². The highest BCUT2D eigenvalue weighted by Gasteiger charge is 2.16. The summed E-state index contributed by atoms with van der Waals surface area (Å²) >= 11 is 0. The molecule has 8 heteroatoms. The first kappa shape index (κ1) is 19.5. The van der Waals surface area contributed by atoms with Crippen molar-refractivity contribution in [1.82, 2.24) is 15.1 Å². The average Bonchev–Trinajstić information content (AvgIpc) is 3.10. The third-order valence-corrected chi connectivity index (χ3v) is 4.11. The van der Waals surface area contributed by atoms with Gasteiger partial charge in [-0.25, -0.2) is 18.3 Å². The normalized spacial score (nSPS) is 11.8. The first-order valence-corrected chi connectivity index (χ1v) is 8.63. The number of urea groups is 1. The Morgan fingerprint density at radius 2 is 1.71 bits per heavy atom. The summed E-state index contributed by atoms with van der Waals surface area (Å²) in [5, 5.41) is 9.73. The maximum atomic E-state index is 13.1. The average molecular weight is 386 g/mol. The number of hydrogen-bond acceptors (Lipinski definition) is 3. The van der Waals surface area contributed by atoms with Crippen molar-refractivity contribution >= 4 is 11.8 Å². The fourth-order valence-corrected chi connectivity index (χ4v) is 2.72. The summed E-state index contributed by atoms with van der Waals surface area (Å²) in [6.45, 7) is 0.607. The van der Waals surface area contributed by atoms with Crippen LogP contribution in [0.4, 0.5) is 19.4 Å². The van der Waals surface area contributed by atoms with Crippen molar-refractivity contribution in [3.63, 3.8) is 0 Å². The fraction of sp³-hybridized carbons (Fsp3) is 0.200. The van der Waals surface area contributed by atoms with Crippen LogP contribution in [0.25, 0.3) is 0 Å². The van der Waals surface area contributed by atoms with Gasteiger partial charge in [-0.3, -0.25) is 5.32 Å². The van der Waals surface area contributed by atoms with Crippen LogP contribution in [0.2, 0.25) is 0 Å². The van der Waals surface area contributed by atoms with Crippen LogP contribution in [0.1, 0.15) is 17.2 Å². The predicted molar refractivity (Wildman–Crippen MR) is 101 cm³/mol. The molecule has 0 spiro atoms. The number of methoxy groups -OCH3 is 1. The topological polar surface area (TPSA) is 68.2 Å². The van der Waals surface area contributed by atoms with Crippen molar-refractivity contribution in [2.45, 2.75) is 12.6 Å². The molecule has 2 N–H and O–H groups in total. The Kier molecular flexibility index (Phi) is 6.33. The minimum absolute atomic E-state index is 0.230. The summed E-state index contributed by atoms with van der Waals surface area (Å²) in [5.41, 5.74) is 1.57. The maximum absolute atomic E-state index is 13.1. The van der Waals surface area contributed by atoms with Gasteiger partial charge in [0.15, 0.2) is 0 Å². The van der Waals surface area contributed by atoms with E-state index in [1.165, 1.54) is 31.4 Å². The molecule has 0 aliphatic heterocycles. The molecule has 1 aromatic heterocycles. The smallest absolute Gasteiger partial charge is 0.320 e. The number of hydrogen-bond donors (Lipinski definition) is 2. The fourth-order valence-electron chi connectivity index (χ4n) is 2.72. The molecule has 3 rings (SSSR count). The molecule has 146 valence electrons. The van der Waals surface area contributed by atoms with Crippen LogP contribution >= 0.6 is 0 Å². The van der Waals surface area contributed by atoms with Crippen LogP contribution in [0.15, 0.2) is 60.8 Å². The second kappa shape index (κ2) is 9.09. The summed E-state index contributed by atoms with van der Waals surface area (Å²) in [6.07, 6.45) is 1.56. The number of nitrogens with zero attached hydrogens (tertiary/aromatic N) is 2. The van der Waals surface area contributed by atoms with E-state index in [0.29, 0.717) is 12.4 Å². The Labute approximate surface area is 161 Å². The van der Waals surface area contributed by atoms with Crippen LogP contribution in [-0.4, -0.2) is 29.5 Å². The van der Waals surface area contributed by atoms with Gasteiger partial charge in [0.1, 0.15) is 17.5 Å². The summed E-state index contributed by atoms with van der Waals surface area (Å²) in [4.78, 5) is 12.4. The second-order valence-corrected chi connectivity index (χ2v) is 6.16. The lowest BCUT2D eigenvalue weighted by Gasteiger charge is -2.19. The maximum Gasteiger partial charge on any atom is 0.320 e. The summed E-state index contributed by atoms with van der Waals surface area (Å²) in [5.74, 6) is -0.182. The van der Waals surface area contributed by atoms with Gasteiger partial charge in [0, 0.05) is 13.2 Å². The highest BCUT2D eigenvalue weighted by Crippen LogP contribution is 2.15. The highest BCUT2D eigenvalue weighted by molar-refractivity contribution is 5.88. The lowest BCUT2D eigenvalue weighted by Crippen LogP contribution is -2.35. The van der Waals surface area contributed by atoms with E-state index in [9.17, 15) is 13.6 Å². The first-order valence-electron chi connectivity index (χ1n) is 8.63. The van der Waals surface area contributed by atoms with E-state index in [1.807, 2.05) is 0 Å². The molecule has 2 aromatic carbocycles. The number of carbonyl (C=O) groups is 1. The van der Waals surface area contributed by atoms with Gasteiger partial charge in [0.25, 0.3) is 0 Å². The molecule has 0 radical (unpaired) electrons. The molecule has 0 aliphatic rings. The standard InChI is InChI=1S/C20H20F2N4O2/c1-28-13-18(15-4-8-17(22)9-5-15)24-20(27)25-19-10-11-23-26(19)12-14-2-6-16(21)7-3-14/h2-11,18H,12-13H2,1H3,(H2,24,25,27). The number of carbonyl (C=O) groups excluding carboxylic acids is 1. The first-order chi connectivity index (χ1) is 13.5. The van der Waals surface area contributed by atoms with Gasteiger partial charge >= 0.3 is 6.03 Å². The summed E-state index contributed by atoms with van der Waals surface area (Å²) < 4.78 is 32.9. The van der Waals surface area contributed by atoms with Gasteiger partial charge in [0.05, 0.1) is 25.4 Å². The largest absolute Gasteiger partial charge is 0.382 e. The minimum Gasteiger partial charge on any atom is -0.382 e. The SMILES string of the molecule is COCC(NC(=O)Nc1ccnn1Cc1ccc(F)cc1)c1ccc(F)cc1. The molecule has 1 heterocycles. The monoisotopic (exact) mass is 386 g/mol. The lowest BCUT2D eigenvalue weighted by atomic mass is 10.1. The summed E-state index contributed by atoms with van der Waals surface area (Å²) in [7, 11) is 1.52. The number of benzene rings is 2. The number of amides is 2. The van der Waals surface area contributed by atoms with Crippen LogP contribution in [0.5, 0.6) is 0 Å². The molecule has 0 saturated heterocycles. The van der Waals surface area contributed by atoms with Gasteiger partial charge in [0.2, 0.25) is 0 Å². The zero-order valence-corrected chi connectivity index (χ0v) is 15.2. The molecule has 1 unspecified atom stereocenters. The Bertz CT molecular complexity index is 911. The van der Waals surface area contributed by atoms with E-state index in [2.05, 4.69) is 15.7 Å². The Morgan fingerprint density at radius 3 is 2.36 bits per heavy atom.